The van der Waals surface area contributed by atoms with Gasteiger partial charge >= 0.3 is 6.61 Å². The molecule has 1 aliphatic heterocycles. The number of aliphatic imine (C=N–C) groups is 1. The van der Waals surface area contributed by atoms with Crippen LogP contribution in [0.5, 0.6) is 5.75 Å². The van der Waals surface area contributed by atoms with E-state index in [4.69, 9.17) is 0 Å². The van der Waals surface area contributed by atoms with Gasteiger partial charge in [0.25, 0.3) is 0 Å². The Hall–Kier alpha value is -2.97. The standard InChI is InChI=1S/C20H24F3N5O/c1-2-24-20(26-14-15-16(21)6-5-7-17(15)29-19(22)23)28-12-10-27(11-13-28)18-8-3-4-9-25-18/h3-9,19H,2,10-14H2,1H3,(H,24,26). The Labute approximate surface area is 168 Å². The zero-order chi connectivity index (χ0) is 20.6. The summed E-state index contributed by atoms with van der Waals surface area (Å²) in [7, 11) is 0. The summed E-state index contributed by atoms with van der Waals surface area (Å²) in [6, 6.07) is 9.67. The summed E-state index contributed by atoms with van der Waals surface area (Å²) < 4.78 is 43.8. The van der Waals surface area contributed by atoms with Crippen LogP contribution < -0.4 is 15.0 Å². The van der Waals surface area contributed by atoms with Gasteiger partial charge in [-0.15, -0.1) is 0 Å². The normalized spacial score (nSPS) is 15.0. The van der Waals surface area contributed by atoms with Crippen LogP contribution in [0.1, 0.15) is 12.5 Å². The third-order valence-corrected chi connectivity index (χ3v) is 4.57. The van der Waals surface area contributed by atoms with Crippen molar-refractivity contribution in [3.8, 4) is 5.75 Å². The lowest BCUT2D eigenvalue weighted by molar-refractivity contribution is -0.0506. The van der Waals surface area contributed by atoms with Crippen LogP contribution in [0.15, 0.2) is 47.6 Å². The molecule has 0 unspecified atom stereocenters. The Morgan fingerprint density at radius 3 is 2.62 bits per heavy atom. The highest BCUT2D eigenvalue weighted by atomic mass is 19.3. The summed E-state index contributed by atoms with van der Waals surface area (Å²) in [4.78, 5) is 13.1. The molecule has 1 N–H and O–H groups in total. The van der Waals surface area contributed by atoms with E-state index in [1.165, 1.54) is 18.2 Å². The summed E-state index contributed by atoms with van der Waals surface area (Å²) in [5, 5.41) is 3.19. The van der Waals surface area contributed by atoms with Crippen LogP contribution in [0.4, 0.5) is 19.0 Å². The Morgan fingerprint density at radius 1 is 1.17 bits per heavy atom. The molecular formula is C20H24F3N5O. The van der Waals surface area contributed by atoms with E-state index in [0.29, 0.717) is 25.6 Å². The van der Waals surface area contributed by atoms with Gasteiger partial charge in [0.15, 0.2) is 5.96 Å². The van der Waals surface area contributed by atoms with Gasteiger partial charge in [-0.1, -0.05) is 12.1 Å². The molecule has 0 saturated carbocycles. The fraction of sp³-hybridized carbons (Fsp3) is 0.400. The predicted molar refractivity (Wildman–Crippen MR) is 106 cm³/mol. The number of ether oxygens (including phenoxy) is 1. The molecule has 1 aliphatic rings. The van der Waals surface area contributed by atoms with Crippen molar-refractivity contribution in [2.24, 2.45) is 4.99 Å². The lowest BCUT2D eigenvalue weighted by Gasteiger charge is -2.37. The molecule has 0 spiro atoms. The minimum Gasteiger partial charge on any atom is -0.434 e. The predicted octanol–water partition coefficient (Wildman–Crippen LogP) is 3.11. The number of guanidine groups is 1. The lowest BCUT2D eigenvalue weighted by Crippen LogP contribution is -2.52. The smallest absolute Gasteiger partial charge is 0.387 e. The van der Waals surface area contributed by atoms with Gasteiger partial charge in [-0.3, -0.25) is 0 Å². The minimum absolute atomic E-state index is 0.00956. The number of hydrogen-bond acceptors (Lipinski definition) is 4. The number of nitrogens with zero attached hydrogens (tertiary/aromatic N) is 4. The highest BCUT2D eigenvalue weighted by Crippen LogP contribution is 2.24. The van der Waals surface area contributed by atoms with Crippen LogP contribution in [0, 0.1) is 5.82 Å². The monoisotopic (exact) mass is 407 g/mol. The van der Waals surface area contributed by atoms with Crippen molar-refractivity contribution in [2.45, 2.75) is 20.1 Å². The SMILES string of the molecule is CCNC(=NCc1c(F)cccc1OC(F)F)N1CCN(c2ccccn2)CC1. The van der Waals surface area contributed by atoms with Crippen LogP contribution in [0.2, 0.25) is 0 Å². The van der Waals surface area contributed by atoms with Gasteiger partial charge in [-0.25, -0.2) is 14.4 Å². The first-order valence-electron chi connectivity index (χ1n) is 9.50. The third kappa shape index (κ3) is 5.52. The first kappa shape index (κ1) is 20.8. The average molecular weight is 407 g/mol. The van der Waals surface area contributed by atoms with Crippen molar-refractivity contribution in [3.63, 3.8) is 0 Å². The van der Waals surface area contributed by atoms with Crippen molar-refractivity contribution < 1.29 is 17.9 Å². The molecule has 1 aromatic heterocycles. The number of hydrogen-bond donors (Lipinski definition) is 1. The second-order valence-corrected chi connectivity index (χ2v) is 6.43. The molecule has 0 amide bonds. The molecule has 156 valence electrons. The van der Waals surface area contributed by atoms with E-state index in [9.17, 15) is 13.2 Å². The lowest BCUT2D eigenvalue weighted by atomic mass is 10.2. The number of rotatable bonds is 6. The molecule has 9 heteroatoms. The zero-order valence-electron chi connectivity index (χ0n) is 16.2. The second kappa shape index (κ2) is 9.99. The maximum Gasteiger partial charge on any atom is 0.387 e. The molecule has 3 rings (SSSR count). The van der Waals surface area contributed by atoms with Gasteiger partial charge in [0.1, 0.15) is 17.4 Å². The van der Waals surface area contributed by atoms with E-state index in [1.54, 1.807) is 6.20 Å². The maximum atomic E-state index is 14.2. The Balaban J connectivity index is 1.70. The van der Waals surface area contributed by atoms with E-state index < -0.39 is 12.4 Å². The van der Waals surface area contributed by atoms with Crippen molar-refractivity contribution >= 4 is 11.8 Å². The van der Waals surface area contributed by atoms with Crippen LogP contribution in [0.3, 0.4) is 0 Å². The summed E-state index contributed by atoms with van der Waals surface area (Å²) in [5.41, 5.74) is 0.00956. The molecule has 0 bridgehead atoms. The molecule has 2 aromatic rings. The molecular weight excluding hydrogens is 383 g/mol. The van der Waals surface area contributed by atoms with Crippen LogP contribution in [-0.2, 0) is 6.54 Å². The summed E-state index contributed by atoms with van der Waals surface area (Å²) in [5.74, 6) is 0.718. The third-order valence-electron chi connectivity index (χ3n) is 4.57. The van der Waals surface area contributed by atoms with Crippen LogP contribution in [-0.4, -0.2) is 55.2 Å². The van der Waals surface area contributed by atoms with Gasteiger partial charge in [-0.05, 0) is 31.2 Å². The first-order valence-corrected chi connectivity index (χ1v) is 9.50. The topological polar surface area (TPSA) is 53.0 Å². The molecule has 1 saturated heterocycles. The number of alkyl halides is 2. The molecule has 6 nitrogen and oxygen atoms in total. The molecule has 2 heterocycles. The number of anilines is 1. The number of piperazine rings is 1. The maximum absolute atomic E-state index is 14.2. The number of nitrogens with one attached hydrogen (secondary N) is 1. The van der Waals surface area contributed by atoms with E-state index in [0.717, 1.165) is 18.9 Å². The van der Waals surface area contributed by atoms with Gasteiger partial charge in [-0.2, -0.15) is 8.78 Å². The zero-order valence-corrected chi connectivity index (χ0v) is 16.2. The molecule has 0 aliphatic carbocycles. The highest BCUT2D eigenvalue weighted by molar-refractivity contribution is 5.80. The summed E-state index contributed by atoms with van der Waals surface area (Å²) >= 11 is 0. The van der Waals surface area contributed by atoms with E-state index in [1.807, 2.05) is 25.1 Å². The molecule has 0 atom stereocenters. The summed E-state index contributed by atoms with van der Waals surface area (Å²) in [6.07, 6.45) is 1.76. The van der Waals surface area contributed by atoms with Crippen molar-refractivity contribution in [2.75, 3.05) is 37.6 Å². The average Bonchev–Trinajstić information content (AvgIpc) is 2.73. The molecule has 1 fully saturated rings. The van der Waals surface area contributed by atoms with Gasteiger partial charge < -0.3 is 19.9 Å². The Bertz CT molecular complexity index is 811. The van der Waals surface area contributed by atoms with E-state index >= 15 is 0 Å². The fourth-order valence-electron chi connectivity index (χ4n) is 3.17. The molecule has 0 radical (unpaired) electrons. The van der Waals surface area contributed by atoms with Gasteiger partial charge in [0, 0.05) is 38.9 Å². The number of halogens is 3. The van der Waals surface area contributed by atoms with E-state index in [-0.39, 0.29) is 17.9 Å². The van der Waals surface area contributed by atoms with Crippen LogP contribution >= 0.6 is 0 Å². The van der Waals surface area contributed by atoms with Crippen molar-refractivity contribution in [1.82, 2.24) is 15.2 Å². The van der Waals surface area contributed by atoms with Crippen LogP contribution in [0.25, 0.3) is 0 Å². The largest absolute Gasteiger partial charge is 0.434 e. The highest BCUT2D eigenvalue weighted by Gasteiger charge is 2.21. The number of benzene rings is 1. The Kier molecular flexibility index (Phi) is 7.15. The van der Waals surface area contributed by atoms with Gasteiger partial charge in [0.05, 0.1) is 12.1 Å². The number of aromatic nitrogens is 1. The molecule has 29 heavy (non-hydrogen) atoms. The number of pyridine rings is 1. The summed E-state index contributed by atoms with van der Waals surface area (Å²) in [6.45, 7) is 2.40. The van der Waals surface area contributed by atoms with Crippen molar-refractivity contribution in [1.29, 1.82) is 0 Å². The van der Waals surface area contributed by atoms with Crippen molar-refractivity contribution in [3.05, 3.63) is 54.0 Å². The Morgan fingerprint density at radius 2 is 1.97 bits per heavy atom. The molecule has 1 aromatic carbocycles. The van der Waals surface area contributed by atoms with Gasteiger partial charge in [0.2, 0.25) is 0 Å². The second-order valence-electron chi connectivity index (χ2n) is 6.43. The quantitative estimate of drug-likeness (QED) is 0.589. The minimum atomic E-state index is -3.02. The first-order chi connectivity index (χ1) is 14.1. The van der Waals surface area contributed by atoms with E-state index in [2.05, 4.69) is 29.8 Å². The fourth-order valence-corrected chi connectivity index (χ4v) is 3.17.